The van der Waals surface area contributed by atoms with Crippen LogP contribution in [-0.4, -0.2) is 11.5 Å². The Hall–Kier alpha value is -1.85. The van der Waals surface area contributed by atoms with Gasteiger partial charge in [-0.15, -0.1) is 6.42 Å². The Kier molecular flexibility index (Phi) is 3.74. The molecule has 0 aliphatic rings. The Balaban J connectivity index is 2.43. The van der Waals surface area contributed by atoms with Gasteiger partial charge in [0.25, 0.3) is 0 Å². The molecule has 0 fully saturated rings. The van der Waals surface area contributed by atoms with Crippen LogP contribution in [0.5, 0.6) is 0 Å². The first-order valence-corrected chi connectivity index (χ1v) is 5.90. The molecule has 1 aromatic heterocycles. The zero-order valence-electron chi connectivity index (χ0n) is 9.98. The van der Waals surface area contributed by atoms with E-state index < -0.39 is 0 Å². The summed E-state index contributed by atoms with van der Waals surface area (Å²) in [6.07, 6.45) is 8.48. The first kappa shape index (κ1) is 11.6. The molecule has 1 atom stereocenters. The lowest BCUT2D eigenvalue weighted by Crippen LogP contribution is -2.20. The van der Waals surface area contributed by atoms with Crippen molar-refractivity contribution in [2.24, 2.45) is 0 Å². The SMILES string of the molecule is C#CC(NCCC)c1cccc2ncccc12. The van der Waals surface area contributed by atoms with E-state index in [1.807, 2.05) is 18.2 Å². The largest absolute Gasteiger partial charge is 0.300 e. The summed E-state index contributed by atoms with van der Waals surface area (Å²) in [5, 5.41) is 4.49. The van der Waals surface area contributed by atoms with E-state index in [0.29, 0.717) is 0 Å². The third-order valence-electron chi connectivity index (χ3n) is 2.76. The summed E-state index contributed by atoms with van der Waals surface area (Å²) in [4.78, 5) is 4.34. The van der Waals surface area contributed by atoms with Gasteiger partial charge in [0.1, 0.15) is 0 Å². The number of pyridine rings is 1. The predicted molar refractivity (Wildman–Crippen MR) is 71.6 cm³/mol. The normalized spacial score (nSPS) is 12.2. The first-order valence-electron chi connectivity index (χ1n) is 5.90. The Morgan fingerprint density at radius 2 is 2.24 bits per heavy atom. The van der Waals surface area contributed by atoms with Gasteiger partial charge in [0.15, 0.2) is 0 Å². The number of aromatic nitrogens is 1. The molecule has 1 N–H and O–H groups in total. The quantitative estimate of drug-likeness (QED) is 0.808. The minimum absolute atomic E-state index is 0.0390. The van der Waals surface area contributed by atoms with Gasteiger partial charge in [-0.25, -0.2) is 0 Å². The van der Waals surface area contributed by atoms with Gasteiger partial charge in [0, 0.05) is 11.6 Å². The summed E-state index contributed by atoms with van der Waals surface area (Å²) < 4.78 is 0. The third-order valence-corrected chi connectivity index (χ3v) is 2.76. The molecule has 2 heteroatoms. The fourth-order valence-corrected chi connectivity index (χ4v) is 1.93. The molecule has 1 heterocycles. The van der Waals surface area contributed by atoms with E-state index in [1.165, 1.54) is 0 Å². The number of rotatable bonds is 4. The average molecular weight is 224 g/mol. The number of hydrogen-bond acceptors (Lipinski definition) is 2. The molecule has 0 saturated heterocycles. The van der Waals surface area contributed by atoms with Crippen molar-refractivity contribution in [2.75, 3.05) is 6.54 Å². The van der Waals surface area contributed by atoms with E-state index in [-0.39, 0.29) is 6.04 Å². The first-order chi connectivity index (χ1) is 8.36. The molecule has 0 aliphatic heterocycles. The highest BCUT2D eigenvalue weighted by atomic mass is 14.9. The molecular weight excluding hydrogens is 208 g/mol. The molecular formula is C15H16N2. The lowest BCUT2D eigenvalue weighted by atomic mass is 10.0. The molecule has 1 unspecified atom stereocenters. The van der Waals surface area contributed by atoms with Crippen LogP contribution in [0.3, 0.4) is 0 Å². The molecule has 0 aliphatic carbocycles. The topological polar surface area (TPSA) is 24.9 Å². The van der Waals surface area contributed by atoms with Gasteiger partial charge in [0.2, 0.25) is 0 Å². The maximum absolute atomic E-state index is 5.60. The Morgan fingerprint density at radius 1 is 1.35 bits per heavy atom. The van der Waals surface area contributed by atoms with Crippen LogP contribution in [0.1, 0.15) is 24.9 Å². The second-order valence-electron chi connectivity index (χ2n) is 3.97. The maximum Gasteiger partial charge on any atom is 0.0949 e. The van der Waals surface area contributed by atoms with Crippen molar-refractivity contribution in [2.45, 2.75) is 19.4 Å². The molecule has 0 radical (unpaired) electrons. The van der Waals surface area contributed by atoms with E-state index in [4.69, 9.17) is 6.42 Å². The average Bonchev–Trinajstić information content (AvgIpc) is 2.40. The van der Waals surface area contributed by atoms with Crippen LogP contribution >= 0.6 is 0 Å². The summed E-state index contributed by atoms with van der Waals surface area (Å²) in [5.41, 5.74) is 2.12. The maximum atomic E-state index is 5.60. The van der Waals surface area contributed by atoms with Gasteiger partial charge >= 0.3 is 0 Å². The van der Waals surface area contributed by atoms with Gasteiger partial charge in [0.05, 0.1) is 11.6 Å². The predicted octanol–water partition coefficient (Wildman–Crippen LogP) is 2.91. The van der Waals surface area contributed by atoms with E-state index in [9.17, 15) is 0 Å². The summed E-state index contributed by atoms with van der Waals surface area (Å²) in [7, 11) is 0. The highest BCUT2D eigenvalue weighted by Crippen LogP contribution is 2.22. The summed E-state index contributed by atoms with van der Waals surface area (Å²) in [6.45, 7) is 3.05. The van der Waals surface area contributed by atoms with Crippen LogP contribution in [-0.2, 0) is 0 Å². The Labute approximate surface area is 102 Å². The van der Waals surface area contributed by atoms with Crippen molar-refractivity contribution in [3.05, 3.63) is 42.1 Å². The number of nitrogens with zero attached hydrogens (tertiary/aromatic N) is 1. The molecule has 86 valence electrons. The fraction of sp³-hybridized carbons (Fsp3) is 0.267. The van der Waals surface area contributed by atoms with E-state index in [2.05, 4.69) is 35.3 Å². The Bertz CT molecular complexity index is 535. The minimum Gasteiger partial charge on any atom is -0.300 e. The number of hydrogen-bond donors (Lipinski definition) is 1. The number of fused-ring (bicyclic) bond motifs is 1. The van der Waals surface area contributed by atoms with Crippen molar-refractivity contribution < 1.29 is 0 Å². The molecule has 2 nitrogen and oxygen atoms in total. The van der Waals surface area contributed by atoms with Crippen LogP contribution < -0.4 is 5.32 Å². The van der Waals surface area contributed by atoms with E-state index >= 15 is 0 Å². The second-order valence-corrected chi connectivity index (χ2v) is 3.97. The lowest BCUT2D eigenvalue weighted by molar-refractivity contribution is 0.629. The monoisotopic (exact) mass is 224 g/mol. The molecule has 17 heavy (non-hydrogen) atoms. The summed E-state index contributed by atoms with van der Waals surface area (Å²) in [5.74, 6) is 2.81. The van der Waals surface area contributed by atoms with Gasteiger partial charge in [-0.3, -0.25) is 10.3 Å². The number of terminal acetylenes is 1. The van der Waals surface area contributed by atoms with Crippen molar-refractivity contribution in [1.82, 2.24) is 10.3 Å². The third kappa shape index (κ3) is 2.46. The standard InChI is InChI=1S/C15H16N2/c1-3-10-16-14(4-2)12-7-5-9-15-13(12)8-6-11-17-15/h2,5-9,11,14,16H,3,10H2,1H3. The molecule has 0 bridgehead atoms. The number of benzene rings is 1. The van der Waals surface area contributed by atoms with Gasteiger partial charge in [-0.1, -0.05) is 31.0 Å². The van der Waals surface area contributed by atoms with Crippen molar-refractivity contribution in [3.8, 4) is 12.3 Å². The smallest absolute Gasteiger partial charge is 0.0949 e. The summed E-state index contributed by atoms with van der Waals surface area (Å²) in [6, 6.07) is 10.0. The highest BCUT2D eigenvalue weighted by Gasteiger charge is 2.10. The van der Waals surface area contributed by atoms with Crippen LogP contribution in [0.25, 0.3) is 10.9 Å². The van der Waals surface area contributed by atoms with Crippen molar-refractivity contribution in [1.29, 1.82) is 0 Å². The fourth-order valence-electron chi connectivity index (χ4n) is 1.93. The molecule has 2 aromatic rings. The van der Waals surface area contributed by atoms with Crippen LogP contribution in [0.15, 0.2) is 36.5 Å². The molecule has 0 saturated carbocycles. The van der Waals surface area contributed by atoms with Gasteiger partial charge in [-0.05, 0) is 30.7 Å². The molecule has 0 spiro atoms. The number of nitrogens with one attached hydrogen (secondary N) is 1. The summed E-state index contributed by atoms with van der Waals surface area (Å²) >= 11 is 0. The van der Waals surface area contributed by atoms with Crippen LogP contribution in [0.2, 0.25) is 0 Å². The van der Waals surface area contributed by atoms with E-state index in [0.717, 1.165) is 29.4 Å². The minimum atomic E-state index is -0.0390. The second kappa shape index (κ2) is 5.47. The molecule has 0 amide bonds. The van der Waals surface area contributed by atoms with Crippen LogP contribution in [0.4, 0.5) is 0 Å². The lowest BCUT2D eigenvalue weighted by Gasteiger charge is -2.14. The molecule has 2 rings (SSSR count). The van der Waals surface area contributed by atoms with Crippen molar-refractivity contribution in [3.63, 3.8) is 0 Å². The molecule has 1 aromatic carbocycles. The van der Waals surface area contributed by atoms with E-state index in [1.54, 1.807) is 6.20 Å². The van der Waals surface area contributed by atoms with Crippen molar-refractivity contribution >= 4 is 10.9 Å². The van der Waals surface area contributed by atoms with Gasteiger partial charge in [-0.2, -0.15) is 0 Å². The van der Waals surface area contributed by atoms with Crippen LogP contribution in [0, 0.1) is 12.3 Å². The zero-order valence-corrected chi connectivity index (χ0v) is 9.98. The van der Waals surface area contributed by atoms with Gasteiger partial charge < -0.3 is 0 Å². The highest BCUT2D eigenvalue weighted by molar-refractivity contribution is 5.82. The Morgan fingerprint density at radius 3 is 3.00 bits per heavy atom. The zero-order chi connectivity index (χ0) is 12.1.